The smallest absolute Gasteiger partial charge is 0.306 e. The van der Waals surface area contributed by atoms with Gasteiger partial charge in [-0.25, -0.2) is 9.78 Å². The zero-order chi connectivity index (χ0) is 16.3. The first kappa shape index (κ1) is 18.9. The summed E-state index contributed by atoms with van der Waals surface area (Å²) in [4.78, 5) is 21.2. The molecule has 1 aliphatic heterocycles. The predicted octanol–water partition coefficient (Wildman–Crippen LogP) is 4.00. The third kappa shape index (κ3) is 7.20. The van der Waals surface area contributed by atoms with Crippen LogP contribution in [0.2, 0.25) is 0 Å². The fourth-order valence-electron chi connectivity index (χ4n) is 2.48. The molecule has 0 aromatic heterocycles. The highest BCUT2D eigenvalue weighted by Gasteiger charge is 2.38. The van der Waals surface area contributed by atoms with Crippen LogP contribution in [-0.2, 0) is 19.3 Å². The van der Waals surface area contributed by atoms with Gasteiger partial charge in [0.2, 0.25) is 5.79 Å². The van der Waals surface area contributed by atoms with Crippen LogP contribution in [0.15, 0.2) is 24.3 Å². The number of carbonyl (C=O) groups is 1. The quantitative estimate of drug-likeness (QED) is 0.375. The van der Waals surface area contributed by atoms with Crippen molar-refractivity contribution in [1.82, 2.24) is 0 Å². The van der Waals surface area contributed by atoms with E-state index in [-0.39, 0.29) is 12.5 Å². The summed E-state index contributed by atoms with van der Waals surface area (Å²) in [7, 11) is 1.61. The van der Waals surface area contributed by atoms with Crippen molar-refractivity contribution in [3.8, 4) is 0 Å². The van der Waals surface area contributed by atoms with E-state index in [1.54, 1.807) is 7.11 Å². The topological polar surface area (TPSA) is 65.0 Å². The van der Waals surface area contributed by atoms with Gasteiger partial charge in [-0.1, -0.05) is 30.7 Å². The van der Waals surface area contributed by atoms with E-state index >= 15 is 0 Å². The largest absolute Gasteiger partial charge is 0.481 e. The third-order valence-electron chi connectivity index (χ3n) is 3.83. The Bertz CT molecular complexity index is 367. The fourth-order valence-corrected chi connectivity index (χ4v) is 2.48. The van der Waals surface area contributed by atoms with Crippen molar-refractivity contribution in [2.75, 3.05) is 7.11 Å². The SMILES string of the molecule is CC=CC=CCCCCCC1(OC)CCC(CC(=O)O)OO1. The van der Waals surface area contributed by atoms with E-state index < -0.39 is 11.8 Å². The first-order valence-electron chi connectivity index (χ1n) is 8.01. The molecule has 1 saturated heterocycles. The average Bonchev–Trinajstić information content (AvgIpc) is 2.51. The lowest BCUT2D eigenvalue weighted by atomic mass is 9.98. The Morgan fingerprint density at radius 1 is 1.36 bits per heavy atom. The number of hydrogen-bond donors (Lipinski definition) is 1. The zero-order valence-electron chi connectivity index (χ0n) is 13.6. The molecule has 0 aromatic carbocycles. The van der Waals surface area contributed by atoms with E-state index in [2.05, 4.69) is 12.2 Å². The van der Waals surface area contributed by atoms with Crippen LogP contribution < -0.4 is 0 Å². The van der Waals surface area contributed by atoms with E-state index in [4.69, 9.17) is 19.6 Å². The minimum atomic E-state index is -0.871. The van der Waals surface area contributed by atoms with E-state index in [0.717, 1.165) is 32.1 Å². The Balaban J connectivity index is 2.21. The molecule has 0 spiro atoms. The maximum atomic E-state index is 10.7. The number of carboxylic acid groups (broad SMARTS) is 1. The normalized spacial score (nSPS) is 26.0. The highest BCUT2D eigenvalue weighted by atomic mass is 17.2. The summed E-state index contributed by atoms with van der Waals surface area (Å²) in [5, 5.41) is 8.75. The van der Waals surface area contributed by atoms with Crippen LogP contribution in [0.5, 0.6) is 0 Å². The first-order chi connectivity index (χ1) is 10.6. The van der Waals surface area contributed by atoms with Gasteiger partial charge in [0, 0.05) is 20.0 Å². The summed E-state index contributed by atoms with van der Waals surface area (Å²) in [5.41, 5.74) is 0. The number of carboxylic acids is 1. The van der Waals surface area contributed by atoms with Gasteiger partial charge in [0.05, 0.1) is 6.42 Å². The van der Waals surface area contributed by atoms with Gasteiger partial charge in [0.25, 0.3) is 0 Å². The molecule has 1 N–H and O–H groups in total. The van der Waals surface area contributed by atoms with Crippen LogP contribution >= 0.6 is 0 Å². The van der Waals surface area contributed by atoms with Crippen molar-refractivity contribution >= 4 is 5.97 Å². The average molecular weight is 312 g/mol. The van der Waals surface area contributed by atoms with Gasteiger partial charge in [-0.15, -0.1) is 0 Å². The number of rotatable bonds is 10. The molecule has 5 heteroatoms. The summed E-state index contributed by atoms with van der Waals surface area (Å²) in [6.45, 7) is 2.00. The van der Waals surface area contributed by atoms with Crippen LogP contribution in [0.1, 0.15) is 58.3 Å². The van der Waals surface area contributed by atoms with Gasteiger partial charge in [-0.3, -0.25) is 4.79 Å². The van der Waals surface area contributed by atoms with Crippen molar-refractivity contribution in [3.63, 3.8) is 0 Å². The molecule has 0 aliphatic carbocycles. The van der Waals surface area contributed by atoms with Crippen LogP contribution in [0, 0.1) is 0 Å². The molecule has 5 nitrogen and oxygen atoms in total. The molecule has 1 rings (SSSR count). The second-order valence-electron chi connectivity index (χ2n) is 5.61. The van der Waals surface area contributed by atoms with Crippen LogP contribution in [-0.4, -0.2) is 30.1 Å². The van der Waals surface area contributed by atoms with Crippen molar-refractivity contribution in [1.29, 1.82) is 0 Å². The lowest BCUT2D eigenvalue weighted by molar-refractivity contribution is -0.466. The Kier molecular flexibility index (Phi) is 9.04. The summed E-state index contributed by atoms with van der Waals surface area (Å²) < 4.78 is 5.47. The number of methoxy groups -OCH3 is 1. The molecule has 1 heterocycles. The summed E-state index contributed by atoms with van der Waals surface area (Å²) >= 11 is 0. The summed E-state index contributed by atoms with van der Waals surface area (Å²) in [6.07, 6.45) is 14.3. The number of unbranched alkanes of at least 4 members (excludes halogenated alkanes) is 3. The van der Waals surface area contributed by atoms with Gasteiger partial charge >= 0.3 is 5.97 Å². The minimum Gasteiger partial charge on any atom is -0.481 e. The molecule has 126 valence electrons. The van der Waals surface area contributed by atoms with E-state index in [9.17, 15) is 4.79 Å². The van der Waals surface area contributed by atoms with Crippen molar-refractivity contribution in [2.24, 2.45) is 0 Å². The standard InChI is InChI=1S/C17H28O5/c1-3-4-5-6-7-8-9-10-12-17(20-2)13-11-15(21-22-17)14-16(18)19/h3-6,15H,7-14H2,1-2H3,(H,18,19). The Morgan fingerprint density at radius 3 is 2.77 bits per heavy atom. The number of ether oxygens (including phenoxy) is 1. The monoisotopic (exact) mass is 312 g/mol. The predicted molar refractivity (Wildman–Crippen MR) is 84.2 cm³/mol. The van der Waals surface area contributed by atoms with Gasteiger partial charge < -0.3 is 9.84 Å². The summed E-state index contributed by atoms with van der Waals surface area (Å²) in [6, 6.07) is 0. The Hall–Kier alpha value is -1.17. The molecule has 2 unspecified atom stereocenters. The van der Waals surface area contributed by atoms with Gasteiger partial charge in [0.1, 0.15) is 6.10 Å². The van der Waals surface area contributed by atoms with Crippen LogP contribution in [0.4, 0.5) is 0 Å². The highest BCUT2D eigenvalue weighted by Crippen LogP contribution is 2.33. The first-order valence-corrected chi connectivity index (χ1v) is 8.01. The molecule has 1 aliphatic rings. The van der Waals surface area contributed by atoms with Crippen LogP contribution in [0.25, 0.3) is 0 Å². The molecule has 1 fully saturated rings. The Labute approximate surface area is 132 Å². The molecule has 2 atom stereocenters. The molecular weight excluding hydrogens is 284 g/mol. The van der Waals surface area contributed by atoms with Gasteiger partial charge in [-0.05, 0) is 32.6 Å². The molecular formula is C17H28O5. The molecule has 0 aromatic rings. The lowest BCUT2D eigenvalue weighted by Gasteiger charge is -2.37. The second kappa shape index (κ2) is 10.5. The molecule has 22 heavy (non-hydrogen) atoms. The van der Waals surface area contributed by atoms with Crippen molar-refractivity contribution in [2.45, 2.75) is 70.2 Å². The van der Waals surface area contributed by atoms with E-state index in [1.807, 2.05) is 19.1 Å². The molecule has 0 saturated carbocycles. The molecule has 0 bridgehead atoms. The van der Waals surface area contributed by atoms with Gasteiger partial charge in [-0.2, -0.15) is 0 Å². The zero-order valence-corrected chi connectivity index (χ0v) is 13.6. The number of hydrogen-bond acceptors (Lipinski definition) is 4. The van der Waals surface area contributed by atoms with Crippen molar-refractivity contribution < 1.29 is 24.4 Å². The van der Waals surface area contributed by atoms with E-state index in [1.165, 1.54) is 0 Å². The molecule has 0 radical (unpaired) electrons. The highest BCUT2D eigenvalue weighted by molar-refractivity contribution is 5.67. The van der Waals surface area contributed by atoms with Crippen LogP contribution in [0.3, 0.4) is 0 Å². The minimum absolute atomic E-state index is 0.0294. The summed E-state index contributed by atoms with van der Waals surface area (Å²) in [5.74, 6) is -1.58. The maximum Gasteiger partial charge on any atom is 0.306 e. The molecule has 0 amide bonds. The van der Waals surface area contributed by atoms with E-state index in [0.29, 0.717) is 12.8 Å². The Morgan fingerprint density at radius 2 is 2.18 bits per heavy atom. The lowest BCUT2D eigenvalue weighted by Crippen LogP contribution is -2.42. The maximum absolute atomic E-state index is 10.7. The number of allylic oxidation sites excluding steroid dienone is 4. The second-order valence-corrected chi connectivity index (χ2v) is 5.61. The third-order valence-corrected chi connectivity index (χ3v) is 3.83. The fraction of sp³-hybridized carbons (Fsp3) is 0.706. The van der Waals surface area contributed by atoms with Gasteiger partial charge in [0.15, 0.2) is 0 Å². The van der Waals surface area contributed by atoms with Crippen molar-refractivity contribution in [3.05, 3.63) is 24.3 Å². The number of aliphatic carboxylic acids is 1.